The van der Waals surface area contributed by atoms with Crippen LogP contribution < -0.4 is 10.1 Å². The lowest BCUT2D eigenvalue weighted by Gasteiger charge is -2.28. The third-order valence-corrected chi connectivity index (χ3v) is 5.73. The van der Waals surface area contributed by atoms with Crippen molar-refractivity contribution < 1.29 is 19.4 Å². The number of aliphatic hydroxyl groups excluding tert-OH is 1. The summed E-state index contributed by atoms with van der Waals surface area (Å²) >= 11 is 0. The van der Waals surface area contributed by atoms with Gasteiger partial charge in [-0.2, -0.15) is 0 Å². The Labute approximate surface area is 162 Å². The Morgan fingerprint density at radius 1 is 1.33 bits per heavy atom. The van der Waals surface area contributed by atoms with E-state index < -0.39 is 6.10 Å². The lowest BCUT2D eigenvalue weighted by atomic mass is 9.85. The quantitative estimate of drug-likeness (QED) is 0.765. The molecule has 1 aromatic rings. The summed E-state index contributed by atoms with van der Waals surface area (Å²) in [6, 6.07) is 0. The Morgan fingerprint density at radius 2 is 2.04 bits per heavy atom. The summed E-state index contributed by atoms with van der Waals surface area (Å²) in [5.41, 5.74) is 6.04. The highest BCUT2D eigenvalue weighted by atomic mass is 16.5. The van der Waals surface area contributed by atoms with Gasteiger partial charge in [-0.3, -0.25) is 4.79 Å². The molecule has 0 spiro atoms. The Bertz CT molecular complexity index is 739. The second kappa shape index (κ2) is 7.34. The molecule has 0 radical (unpaired) electrons. The molecule has 1 fully saturated rings. The molecule has 2 N–H and O–H groups in total. The predicted octanol–water partition coefficient (Wildman–Crippen LogP) is 3.87. The molecule has 27 heavy (non-hydrogen) atoms. The molecule has 5 heteroatoms. The maximum Gasteiger partial charge on any atom is 0.308 e. The molecule has 2 atom stereocenters. The zero-order valence-corrected chi connectivity index (χ0v) is 17.4. The third-order valence-electron chi connectivity index (χ3n) is 5.73. The van der Waals surface area contributed by atoms with E-state index in [-0.39, 0.29) is 24.1 Å². The summed E-state index contributed by atoms with van der Waals surface area (Å²) in [4.78, 5) is 11.7. The molecule has 2 heterocycles. The molecule has 2 aliphatic heterocycles. The lowest BCUT2D eigenvalue weighted by molar-refractivity contribution is -0.160. The molecule has 1 saturated heterocycles. The van der Waals surface area contributed by atoms with Gasteiger partial charge in [0.2, 0.25) is 0 Å². The van der Waals surface area contributed by atoms with Crippen molar-refractivity contribution in [2.45, 2.75) is 90.4 Å². The zero-order valence-electron chi connectivity index (χ0n) is 17.4. The van der Waals surface area contributed by atoms with Gasteiger partial charge in [-0.15, -0.1) is 0 Å². The third kappa shape index (κ3) is 3.93. The van der Waals surface area contributed by atoms with Crippen LogP contribution in [0.15, 0.2) is 0 Å². The average molecular weight is 376 g/mol. The smallest absolute Gasteiger partial charge is 0.308 e. The molecule has 0 saturated carbocycles. The molecule has 0 amide bonds. The van der Waals surface area contributed by atoms with Gasteiger partial charge in [0.15, 0.2) is 0 Å². The normalized spacial score (nSPS) is 23.8. The van der Waals surface area contributed by atoms with Crippen LogP contribution in [0, 0.1) is 6.92 Å². The van der Waals surface area contributed by atoms with E-state index in [9.17, 15) is 9.90 Å². The number of nitrogens with one attached hydrogen (secondary N) is 1. The van der Waals surface area contributed by atoms with Crippen LogP contribution in [0.3, 0.4) is 0 Å². The van der Waals surface area contributed by atoms with Crippen LogP contribution in [0.25, 0.3) is 0 Å². The summed E-state index contributed by atoms with van der Waals surface area (Å²) in [5, 5.41) is 13.3. The monoisotopic (exact) mass is 375 g/mol. The van der Waals surface area contributed by atoms with E-state index >= 15 is 0 Å². The van der Waals surface area contributed by atoms with Crippen molar-refractivity contribution in [1.29, 1.82) is 0 Å². The predicted molar refractivity (Wildman–Crippen MR) is 107 cm³/mol. The number of ether oxygens (including phenoxy) is 2. The molecular weight excluding hydrogens is 342 g/mol. The van der Waals surface area contributed by atoms with E-state index in [4.69, 9.17) is 9.47 Å². The van der Waals surface area contributed by atoms with E-state index in [0.717, 1.165) is 18.6 Å². The number of aliphatic hydroxyl groups is 1. The van der Waals surface area contributed by atoms with Crippen molar-refractivity contribution in [3.63, 3.8) is 0 Å². The van der Waals surface area contributed by atoms with Crippen LogP contribution in [0.5, 0.6) is 5.75 Å². The minimum Gasteiger partial charge on any atom is -0.487 e. The van der Waals surface area contributed by atoms with Gasteiger partial charge in [0, 0.05) is 36.7 Å². The summed E-state index contributed by atoms with van der Waals surface area (Å²) in [6.45, 7) is 10.8. The highest BCUT2D eigenvalue weighted by Crippen LogP contribution is 2.47. The minimum atomic E-state index is -0.590. The Balaban J connectivity index is 1.98. The van der Waals surface area contributed by atoms with Gasteiger partial charge in [-0.1, -0.05) is 13.8 Å². The van der Waals surface area contributed by atoms with Gasteiger partial charge >= 0.3 is 5.97 Å². The van der Waals surface area contributed by atoms with Crippen molar-refractivity contribution in [2.75, 3.05) is 12.4 Å². The Kier molecular flexibility index (Phi) is 5.44. The van der Waals surface area contributed by atoms with Gasteiger partial charge in [0.1, 0.15) is 17.5 Å². The number of carbonyl (C=O) groups is 1. The SMILES string of the molecule is CNc1c(C)c2c(c(CC[C@H]3C[C@H](O)CC(=O)O3)c1C(C)C)OC(C)(C)C2. The number of anilines is 1. The second-order valence-electron chi connectivity index (χ2n) is 8.89. The summed E-state index contributed by atoms with van der Waals surface area (Å²) in [7, 11) is 1.98. The van der Waals surface area contributed by atoms with E-state index in [0.29, 0.717) is 18.8 Å². The first kappa shape index (κ1) is 20.0. The van der Waals surface area contributed by atoms with Crippen molar-refractivity contribution in [1.82, 2.24) is 0 Å². The van der Waals surface area contributed by atoms with Crippen LogP contribution in [-0.4, -0.2) is 35.9 Å². The zero-order chi connectivity index (χ0) is 19.9. The largest absolute Gasteiger partial charge is 0.487 e. The van der Waals surface area contributed by atoms with Crippen LogP contribution in [-0.2, 0) is 22.4 Å². The second-order valence-corrected chi connectivity index (χ2v) is 8.89. The number of esters is 1. The number of carbonyl (C=O) groups excluding carboxylic acids is 1. The highest BCUT2D eigenvalue weighted by molar-refractivity contribution is 5.71. The summed E-state index contributed by atoms with van der Waals surface area (Å²) in [6.07, 6.45) is 2.16. The fourth-order valence-corrected chi connectivity index (χ4v) is 4.60. The molecule has 0 bridgehead atoms. The van der Waals surface area contributed by atoms with Gasteiger partial charge < -0.3 is 19.9 Å². The topological polar surface area (TPSA) is 67.8 Å². The van der Waals surface area contributed by atoms with E-state index in [1.807, 2.05) is 7.05 Å². The fraction of sp³-hybridized carbons (Fsp3) is 0.682. The minimum absolute atomic E-state index is 0.106. The number of rotatable bonds is 5. The van der Waals surface area contributed by atoms with Crippen molar-refractivity contribution in [3.05, 3.63) is 22.3 Å². The van der Waals surface area contributed by atoms with Crippen LogP contribution in [0.2, 0.25) is 0 Å². The number of hydrogen-bond donors (Lipinski definition) is 2. The van der Waals surface area contributed by atoms with Crippen molar-refractivity contribution in [3.8, 4) is 5.75 Å². The molecule has 0 unspecified atom stereocenters. The molecule has 2 aliphatic rings. The molecular formula is C22H33NO4. The van der Waals surface area contributed by atoms with Crippen LogP contribution >= 0.6 is 0 Å². The number of hydrogen-bond acceptors (Lipinski definition) is 5. The first-order chi connectivity index (χ1) is 12.6. The Hall–Kier alpha value is -1.75. The van der Waals surface area contributed by atoms with E-state index in [1.54, 1.807) is 0 Å². The average Bonchev–Trinajstić information content (AvgIpc) is 2.88. The maximum absolute atomic E-state index is 11.7. The van der Waals surface area contributed by atoms with Crippen molar-refractivity contribution in [2.24, 2.45) is 0 Å². The molecule has 1 aromatic carbocycles. The van der Waals surface area contributed by atoms with E-state index in [1.165, 1.54) is 27.9 Å². The maximum atomic E-state index is 11.7. The molecule has 5 nitrogen and oxygen atoms in total. The number of benzene rings is 1. The molecule has 0 aliphatic carbocycles. The number of fused-ring (bicyclic) bond motifs is 1. The Morgan fingerprint density at radius 3 is 2.63 bits per heavy atom. The first-order valence-electron chi connectivity index (χ1n) is 10.1. The lowest BCUT2D eigenvalue weighted by Crippen LogP contribution is -2.33. The summed E-state index contributed by atoms with van der Waals surface area (Å²) in [5.74, 6) is 1.06. The molecule has 150 valence electrons. The summed E-state index contributed by atoms with van der Waals surface area (Å²) < 4.78 is 11.9. The highest BCUT2D eigenvalue weighted by Gasteiger charge is 2.36. The molecule has 0 aromatic heterocycles. The number of cyclic esters (lactones) is 1. The van der Waals surface area contributed by atoms with Gasteiger partial charge in [0.05, 0.1) is 12.5 Å². The van der Waals surface area contributed by atoms with Crippen LogP contribution in [0.1, 0.15) is 75.1 Å². The van der Waals surface area contributed by atoms with Gasteiger partial charge in [-0.25, -0.2) is 0 Å². The molecule has 3 rings (SSSR count). The van der Waals surface area contributed by atoms with E-state index in [2.05, 4.69) is 39.9 Å². The fourth-order valence-electron chi connectivity index (χ4n) is 4.60. The van der Waals surface area contributed by atoms with Gasteiger partial charge in [0.25, 0.3) is 0 Å². The van der Waals surface area contributed by atoms with Gasteiger partial charge in [-0.05, 0) is 50.7 Å². The standard InChI is InChI=1S/C22H33NO4/c1-12(2)19-16(8-7-15-9-14(24)10-18(25)26-15)21-17(11-22(4,5)27-21)13(3)20(19)23-6/h12,14-15,23-24H,7-11H2,1-6H3/t14-,15-/m0/s1. The van der Waals surface area contributed by atoms with Crippen molar-refractivity contribution >= 4 is 11.7 Å². The van der Waals surface area contributed by atoms with Crippen LogP contribution in [0.4, 0.5) is 5.69 Å². The first-order valence-corrected chi connectivity index (χ1v) is 10.1.